The molecule has 0 aromatic carbocycles. The third kappa shape index (κ3) is 4.41. The van der Waals surface area contributed by atoms with Crippen LogP contribution in [-0.2, 0) is 12.8 Å². The molecule has 3 rings (SSSR count). The van der Waals surface area contributed by atoms with Gasteiger partial charge in [0.1, 0.15) is 11.5 Å². The molecule has 0 amide bonds. The monoisotopic (exact) mass is 337 g/mol. The van der Waals surface area contributed by atoms with Crippen LogP contribution in [0.5, 0.6) is 0 Å². The Morgan fingerprint density at radius 3 is 2.40 bits per heavy atom. The van der Waals surface area contributed by atoms with E-state index < -0.39 is 0 Å². The van der Waals surface area contributed by atoms with Crippen LogP contribution < -0.4 is 0 Å². The standard InChI is InChI=1S/C22H27NO2/c1-15(2)21-7-5-18(13-23-21)11-17(4)22-8-6-20(25-22)12-16(3)19-9-10-24-14-19/h5-10,13-17H,11-12H2,1-4H3. The predicted octanol–water partition coefficient (Wildman–Crippen LogP) is 6.08. The Morgan fingerprint density at radius 1 is 0.920 bits per heavy atom. The van der Waals surface area contributed by atoms with Crippen molar-refractivity contribution in [2.75, 3.05) is 0 Å². The smallest absolute Gasteiger partial charge is 0.107 e. The minimum absolute atomic E-state index is 0.338. The van der Waals surface area contributed by atoms with E-state index >= 15 is 0 Å². The molecule has 2 unspecified atom stereocenters. The second kappa shape index (κ2) is 7.73. The predicted molar refractivity (Wildman–Crippen MR) is 100.0 cm³/mol. The molecule has 3 aromatic rings. The highest BCUT2D eigenvalue weighted by molar-refractivity contribution is 5.21. The maximum absolute atomic E-state index is 6.10. The van der Waals surface area contributed by atoms with Gasteiger partial charge in [0, 0.05) is 24.2 Å². The van der Waals surface area contributed by atoms with Crippen molar-refractivity contribution in [1.29, 1.82) is 0 Å². The van der Waals surface area contributed by atoms with Crippen LogP contribution in [0.4, 0.5) is 0 Å². The fraction of sp³-hybridized carbons (Fsp3) is 0.409. The molecule has 2 atom stereocenters. The molecule has 0 N–H and O–H groups in total. The Bertz CT molecular complexity index is 769. The number of hydrogen-bond donors (Lipinski definition) is 0. The molecule has 0 aliphatic heterocycles. The van der Waals surface area contributed by atoms with Crippen LogP contribution in [0.3, 0.4) is 0 Å². The number of nitrogens with zero attached hydrogens (tertiary/aromatic N) is 1. The first-order chi connectivity index (χ1) is 12.0. The van der Waals surface area contributed by atoms with Crippen LogP contribution in [0.1, 0.15) is 73.8 Å². The quantitative estimate of drug-likeness (QED) is 0.524. The van der Waals surface area contributed by atoms with Crippen LogP contribution in [0.25, 0.3) is 0 Å². The van der Waals surface area contributed by atoms with Crippen molar-refractivity contribution in [2.45, 2.75) is 58.3 Å². The lowest BCUT2D eigenvalue weighted by atomic mass is 9.99. The Labute approximate surface area is 150 Å². The number of aromatic nitrogens is 1. The van der Waals surface area contributed by atoms with Gasteiger partial charge in [0.05, 0.1) is 12.5 Å². The summed E-state index contributed by atoms with van der Waals surface area (Å²) in [5, 5.41) is 0. The van der Waals surface area contributed by atoms with Crippen LogP contribution in [0.15, 0.2) is 57.9 Å². The van der Waals surface area contributed by atoms with Gasteiger partial charge < -0.3 is 8.83 Å². The number of furan rings is 2. The second-order valence-corrected chi connectivity index (χ2v) is 7.32. The first-order valence-corrected chi connectivity index (χ1v) is 9.08. The average Bonchev–Trinajstić information content (AvgIpc) is 3.27. The SMILES string of the molecule is CC(C)c1ccc(CC(C)c2ccc(CC(C)c3ccoc3)o2)cn1. The lowest BCUT2D eigenvalue weighted by molar-refractivity contribution is 0.428. The molecule has 3 nitrogen and oxygen atoms in total. The molecule has 0 spiro atoms. The zero-order chi connectivity index (χ0) is 17.8. The fourth-order valence-corrected chi connectivity index (χ4v) is 3.10. The van der Waals surface area contributed by atoms with Crippen molar-refractivity contribution in [3.8, 4) is 0 Å². The van der Waals surface area contributed by atoms with Gasteiger partial charge in [-0.3, -0.25) is 4.98 Å². The van der Waals surface area contributed by atoms with Crippen molar-refractivity contribution in [3.63, 3.8) is 0 Å². The largest absolute Gasteiger partial charge is 0.472 e. The van der Waals surface area contributed by atoms with Crippen molar-refractivity contribution in [1.82, 2.24) is 4.98 Å². The lowest BCUT2D eigenvalue weighted by Crippen LogP contribution is -2.00. The Hall–Kier alpha value is -2.29. The van der Waals surface area contributed by atoms with Gasteiger partial charge in [0.2, 0.25) is 0 Å². The molecule has 3 heterocycles. The minimum Gasteiger partial charge on any atom is -0.472 e. The van der Waals surface area contributed by atoms with E-state index in [4.69, 9.17) is 8.83 Å². The van der Waals surface area contributed by atoms with Gasteiger partial charge in [0.15, 0.2) is 0 Å². The van der Waals surface area contributed by atoms with E-state index in [1.807, 2.05) is 18.5 Å². The molecule has 0 aliphatic carbocycles. The van der Waals surface area contributed by atoms with E-state index in [-0.39, 0.29) is 0 Å². The average molecular weight is 337 g/mol. The molecule has 0 saturated carbocycles. The van der Waals surface area contributed by atoms with E-state index in [2.05, 4.69) is 56.9 Å². The van der Waals surface area contributed by atoms with Crippen LogP contribution >= 0.6 is 0 Å². The summed E-state index contributed by atoms with van der Waals surface area (Å²) in [6.45, 7) is 8.73. The van der Waals surface area contributed by atoms with Crippen LogP contribution in [0, 0.1) is 0 Å². The summed E-state index contributed by atoms with van der Waals surface area (Å²) in [5.74, 6) is 3.27. The second-order valence-electron chi connectivity index (χ2n) is 7.32. The van der Waals surface area contributed by atoms with Gasteiger partial charge in [-0.25, -0.2) is 0 Å². The highest BCUT2D eigenvalue weighted by atomic mass is 16.3. The first-order valence-electron chi connectivity index (χ1n) is 9.08. The first kappa shape index (κ1) is 17.5. The fourth-order valence-electron chi connectivity index (χ4n) is 3.10. The van der Waals surface area contributed by atoms with Gasteiger partial charge in [-0.05, 0) is 53.6 Å². The number of hydrogen-bond acceptors (Lipinski definition) is 3. The molecule has 0 radical (unpaired) electrons. The van der Waals surface area contributed by atoms with Gasteiger partial charge in [-0.2, -0.15) is 0 Å². The van der Waals surface area contributed by atoms with Crippen LogP contribution in [0.2, 0.25) is 0 Å². The molecular formula is C22H27NO2. The van der Waals surface area contributed by atoms with E-state index in [1.54, 1.807) is 6.26 Å². The summed E-state index contributed by atoms with van der Waals surface area (Å²) in [6.07, 6.45) is 7.36. The third-order valence-corrected chi connectivity index (χ3v) is 4.77. The molecule has 0 bridgehead atoms. The van der Waals surface area contributed by atoms with Gasteiger partial charge in [0.25, 0.3) is 0 Å². The topological polar surface area (TPSA) is 39.2 Å². The number of pyridine rings is 1. The molecule has 0 saturated heterocycles. The zero-order valence-electron chi connectivity index (χ0n) is 15.5. The van der Waals surface area contributed by atoms with E-state index in [0.717, 1.165) is 30.1 Å². The normalized spacial score (nSPS) is 14.0. The van der Waals surface area contributed by atoms with Crippen LogP contribution in [-0.4, -0.2) is 4.98 Å². The van der Waals surface area contributed by atoms with Gasteiger partial charge in [-0.1, -0.05) is 33.8 Å². The Balaban J connectivity index is 1.61. The van der Waals surface area contributed by atoms with E-state index in [0.29, 0.717) is 17.8 Å². The summed E-state index contributed by atoms with van der Waals surface area (Å²) >= 11 is 0. The molecule has 0 fully saturated rings. The van der Waals surface area contributed by atoms with Crippen molar-refractivity contribution in [2.24, 2.45) is 0 Å². The Kier molecular flexibility index (Phi) is 5.42. The third-order valence-electron chi connectivity index (χ3n) is 4.77. The molecular weight excluding hydrogens is 310 g/mol. The maximum Gasteiger partial charge on any atom is 0.107 e. The molecule has 3 aromatic heterocycles. The summed E-state index contributed by atoms with van der Waals surface area (Å²) in [6, 6.07) is 10.5. The molecule has 132 valence electrons. The van der Waals surface area contributed by atoms with Crippen molar-refractivity contribution >= 4 is 0 Å². The van der Waals surface area contributed by atoms with Gasteiger partial charge >= 0.3 is 0 Å². The van der Waals surface area contributed by atoms with Crippen molar-refractivity contribution < 1.29 is 8.83 Å². The highest BCUT2D eigenvalue weighted by Crippen LogP contribution is 2.26. The zero-order valence-corrected chi connectivity index (χ0v) is 15.5. The van der Waals surface area contributed by atoms with Crippen molar-refractivity contribution in [3.05, 3.63) is 77.4 Å². The maximum atomic E-state index is 6.10. The van der Waals surface area contributed by atoms with Gasteiger partial charge in [-0.15, -0.1) is 0 Å². The molecule has 25 heavy (non-hydrogen) atoms. The summed E-state index contributed by atoms with van der Waals surface area (Å²) < 4.78 is 11.3. The summed E-state index contributed by atoms with van der Waals surface area (Å²) in [7, 11) is 0. The molecule has 0 aliphatic rings. The minimum atomic E-state index is 0.338. The van der Waals surface area contributed by atoms with E-state index in [9.17, 15) is 0 Å². The Morgan fingerprint density at radius 2 is 1.76 bits per heavy atom. The summed E-state index contributed by atoms with van der Waals surface area (Å²) in [4.78, 5) is 4.56. The number of rotatable bonds is 7. The lowest BCUT2D eigenvalue weighted by Gasteiger charge is -2.11. The summed E-state index contributed by atoms with van der Waals surface area (Å²) in [5.41, 5.74) is 3.61. The molecule has 3 heteroatoms. The highest BCUT2D eigenvalue weighted by Gasteiger charge is 2.15. The van der Waals surface area contributed by atoms with E-state index in [1.165, 1.54) is 11.1 Å².